The Hall–Kier alpha value is -2.13. The molecular weight excluding hydrogens is 339 g/mol. The van der Waals surface area contributed by atoms with Crippen LogP contribution in [-0.4, -0.2) is 39.2 Å². The van der Waals surface area contributed by atoms with E-state index in [1.807, 2.05) is 0 Å². The SMILES string of the molecule is CC(C(=O)O)N(C)Cc1nc(-c2cc(F)c(F)c(F)c2)no1.Cl. The van der Waals surface area contributed by atoms with Gasteiger partial charge in [-0.15, -0.1) is 12.4 Å². The van der Waals surface area contributed by atoms with Crippen molar-refractivity contribution in [1.82, 2.24) is 15.0 Å². The molecule has 1 aromatic carbocycles. The first-order valence-corrected chi connectivity index (χ1v) is 6.20. The maximum absolute atomic E-state index is 13.2. The molecule has 10 heteroatoms. The summed E-state index contributed by atoms with van der Waals surface area (Å²) in [7, 11) is 1.54. The van der Waals surface area contributed by atoms with E-state index in [2.05, 4.69) is 10.1 Å². The van der Waals surface area contributed by atoms with E-state index in [0.717, 1.165) is 12.1 Å². The largest absolute Gasteiger partial charge is 0.480 e. The van der Waals surface area contributed by atoms with Crippen LogP contribution in [0.1, 0.15) is 12.8 Å². The van der Waals surface area contributed by atoms with Gasteiger partial charge in [0.1, 0.15) is 6.04 Å². The Morgan fingerprint density at radius 3 is 2.43 bits per heavy atom. The highest BCUT2D eigenvalue weighted by Gasteiger charge is 2.20. The minimum Gasteiger partial charge on any atom is -0.480 e. The second-order valence-corrected chi connectivity index (χ2v) is 4.69. The van der Waals surface area contributed by atoms with Crippen molar-refractivity contribution in [2.24, 2.45) is 0 Å². The van der Waals surface area contributed by atoms with Gasteiger partial charge in [-0.1, -0.05) is 5.16 Å². The van der Waals surface area contributed by atoms with E-state index in [0.29, 0.717) is 0 Å². The number of benzene rings is 1. The standard InChI is InChI=1S/C13H12F3N3O3.ClH/c1-6(13(20)21)19(2)5-10-17-12(18-22-10)7-3-8(14)11(16)9(15)4-7;/h3-4,6H,5H2,1-2H3,(H,20,21);1H. The number of aliphatic carboxylic acids is 1. The highest BCUT2D eigenvalue weighted by molar-refractivity contribution is 5.85. The second kappa shape index (κ2) is 7.42. The number of likely N-dealkylation sites (N-methyl/N-ethyl adjacent to an activating group) is 1. The summed E-state index contributed by atoms with van der Waals surface area (Å²) in [5.41, 5.74) is -0.0830. The van der Waals surface area contributed by atoms with Crippen molar-refractivity contribution in [2.75, 3.05) is 7.05 Å². The van der Waals surface area contributed by atoms with Crippen LogP contribution in [0, 0.1) is 17.5 Å². The van der Waals surface area contributed by atoms with Gasteiger partial charge in [-0.05, 0) is 26.1 Å². The van der Waals surface area contributed by atoms with Gasteiger partial charge in [0.15, 0.2) is 17.5 Å². The lowest BCUT2D eigenvalue weighted by Gasteiger charge is -2.18. The van der Waals surface area contributed by atoms with Crippen molar-refractivity contribution < 1.29 is 27.6 Å². The van der Waals surface area contributed by atoms with Gasteiger partial charge in [0.05, 0.1) is 6.54 Å². The Morgan fingerprint density at radius 1 is 1.35 bits per heavy atom. The average Bonchev–Trinajstić information content (AvgIpc) is 2.91. The minimum atomic E-state index is -1.58. The maximum atomic E-state index is 13.2. The Bertz CT molecular complexity index is 688. The Kier molecular flexibility index (Phi) is 6.11. The van der Waals surface area contributed by atoms with Crippen molar-refractivity contribution in [3.63, 3.8) is 0 Å². The van der Waals surface area contributed by atoms with Gasteiger partial charge in [0.2, 0.25) is 11.7 Å². The van der Waals surface area contributed by atoms with E-state index in [4.69, 9.17) is 9.63 Å². The van der Waals surface area contributed by atoms with Crippen LogP contribution in [0.15, 0.2) is 16.7 Å². The number of halogens is 4. The Morgan fingerprint density at radius 2 is 1.91 bits per heavy atom. The predicted octanol–water partition coefficient (Wildman–Crippen LogP) is 2.48. The van der Waals surface area contributed by atoms with Crippen LogP contribution in [0.3, 0.4) is 0 Å². The second-order valence-electron chi connectivity index (χ2n) is 4.69. The van der Waals surface area contributed by atoms with Crippen LogP contribution < -0.4 is 0 Å². The third-order valence-electron chi connectivity index (χ3n) is 3.11. The summed E-state index contributed by atoms with van der Waals surface area (Å²) in [6.07, 6.45) is 0. The predicted molar refractivity (Wildman–Crippen MR) is 75.4 cm³/mol. The van der Waals surface area contributed by atoms with E-state index < -0.39 is 29.5 Å². The molecular formula is C13H13ClF3N3O3. The molecule has 0 amide bonds. The fourth-order valence-corrected chi connectivity index (χ4v) is 1.66. The molecule has 1 aromatic heterocycles. The molecule has 1 heterocycles. The van der Waals surface area contributed by atoms with Crippen molar-refractivity contribution >= 4 is 18.4 Å². The number of aromatic nitrogens is 2. The molecule has 6 nitrogen and oxygen atoms in total. The molecule has 2 rings (SSSR count). The molecule has 1 unspecified atom stereocenters. The zero-order chi connectivity index (χ0) is 16.4. The minimum absolute atomic E-state index is 0. The number of rotatable bonds is 5. The smallest absolute Gasteiger partial charge is 0.320 e. The summed E-state index contributed by atoms with van der Waals surface area (Å²) in [4.78, 5) is 16.2. The summed E-state index contributed by atoms with van der Waals surface area (Å²) in [5.74, 6) is -5.39. The third kappa shape index (κ3) is 4.20. The molecule has 0 aliphatic carbocycles. The Balaban J connectivity index is 0.00000264. The van der Waals surface area contributed by atoms with Crippen LogP contribution in [0.25, 0.3) is 11.4 Å². The molecule has 1 atom stereocenters. The summed E-state index contributed by atoms with van der Waals surface area (Å²) in [6, 6.07) is 0.712. The van der Waals surface area contributed by atoms with Crippen molar-refractivity contribution in [3.8, 4) is 11.4 Å². The zero-order valence-electron chi connectivity index (χ0n) is 12.1. The lowest BCUT2D eigenvalue weighted by molar-refractivity contribution is -0.142. The molecule has 0 saturated heterocycles. The number of carboxylic acids is 1. The molecule has 0 spiro atoms. The molecule has 0 radical (unpaired) electrons. The summed E-state index contributed by atoms with van der Waals surface area (Å²) in [5, 5.41) is 12.4. The fourth-order valence-electron chi connectivity index (χ4n) is 1.66. The van der Waals surface area contributed by atoms with E-state index in [1.54, 1.807) is 7.05 Å². The molecule has 0 fully saturated rings. The number of hydrogen-bond acceptors (Lipinski definition) is 5. The molecule has 0 bridgehead atoms. The van der Waals surface area contributed by atoms with Gasteiger partial charge in [0.25, 0.3) is 0 Å². The van der Waals surface area contributed by atoms with Crippen LogP contribution in [0.4, 0.5) is 13.2 Å². The summed E-state index contributed by atoms with van der Waals surface area (Å²) in [6.45, 7) is 1.51. The third-order valence-corrected chi connectivity index (χ3v) is 3.11. The molecule has 1 N–H and O–H groups in total. The number of nitrogens with zero attached hydrogens (tertiary/aromatic N) is 3. The van der Waals surface area contributed by atoms with Gasteiger partial charge in [-0.25, -0.2) is 13.2 Å². The monoisotopic (exact) mass is 351 g/mol. The maximum Gasteiger partial charge on any atom is 0.320 e. The molecule has 2 aromatic rings. The Labute approximate surface area is 135 Å². The lowest BCUT2D eigenvalue weighted by atomic mass is 10.2. The van der Waals surface area contributed by atoms with Crippen LogP contribution >= 0.6 is 12.4 Å². The molecule has 23 heavy (non-hydrogen) atoms. The van der Waals surface area contributed by atoms with Gasteiger partial charge < -0.3 is 9.63 Å². The summed E-state index contributed by atoms with van der Waals surface area (Å²) >= 11 is 0. The number of carbonyl (C=O) groups is 1. The quantitative estimate of drug-likeness (QED) is 0.834. The average molecular weight is 352 g/mol. The normalized spacial score (nSPS) is 12.1. The van der Waals surface area contributed by atoms with Crippen molar-refractivity contribution in [3.05, 3.63) is 35.5 Å². The first kappa shape index (κ1) is 18.9. The lowest BCUT2D eigenvalue weighted by Crippen LogP contribution is -2.35. The zero-order valence-corrected chi connectivity index (χ0v) is 12.9. The van der Waals surface area contributed by atoms with Gasteiger partial charge in [-0.3, -0.25) is 9.69 Å². The van der Waals surface area contributed by atoms with Crippen molar-refractivity contribution in [2.45, 2.75) is 19.5 Å². The van der Waals surface area contributed by atoms with Crippen LogP contribution in [0.2, 0.25) is 0 Å². The van der Waals surface area contributed by atoms with Gasteiger partial charge >= 0.3 is 5.97 Å². The fraction of sp³-hybridized carbons (Fsp3) is 0.308. The molecule has 0 saturated carbocycles. The molecule has 0 aliphatic rings. The van der Waals surface area contributed by atoms with E-state index in [-0.39, 0.29) is 36.2 Å². The van der Waals surface area contributed by atoms with E-state index >= 15 is 0 Å². The first-order valence-electron chi connectivity index (χ1n) is 6.20. The van der Waals surface area contributed by atoms with Crippen molar-refractivity contribution in [1.29, 1.82) is 0 Å². The highest BCUT2D eigenvalue weighted by Crippen LogP contribution is 2.21. The van der Waals surface area contributed by atoms with Gasteiger partial charge in [-0.2, -0.15) is 4.98 Å². The molecule has 0 aliphatic heterocycles. The number of hydrogen-bond donors (Lipinski definition) is 1. The van der Waals surface area contributed by atoms with Crippen LogP contribution in [0.5, 0.6) is 0 Å². The topological polar surface area (TPSA) is 79.5 Å². The molecule has 126 valence electrons. The number of carboxylic acid groups (broad SMARTS) is 1. The highest BCUT2D eigenvalue weighted by atomic mass is 35.5. The van der Waals surface area contributed by atoms with E-state index in [1.165, 1.54) is 11.8 Å². The van der Waals surface area contributed by atoms with Crippen LogP contribution in [-0.2, 0) is 11.3 Å². The summed E-state index contributed by atoms with van der Waals surface area (Å²) < 4.78 is 44.1. The first-order chi connectivity index (χ1) is 10.3. The van der Waals surface area contributed by atoms with Gasteiger partial charge in [0, 0.05) is 5.56 Å². The van der Waals surface area contributed by atoms with E-state index in [9.17, 15) is 18.0 Å².